The first kappa shape index (κ1) is 25.8. The van der Waals surface area contributed by atoms with Gasteiger partial charge in [0.25, 0.3) is 0 Å². The number of amides is 1. The van der Waals surface area contributed by atoms with Gasteiger partial charge in [-0.1, -0.05) is 50.2 Å². The molecule has 3 rings (SSSR count). The van der Waals surface area contributed by atoms with Gasteiger partial charge in [-0.15, -0.1) is 0 Å². The largest absolute Gasteiger partial charge is 0.410 e. The van der Waals surface area contributed by atoms with Crippen molar-refractivity contribution in [2.75, 3.05) is 11.1 Å². The van der Waals surface area contributed by atoms with E-state index in [1.165, 1.54) is 0 Å². The number of nitrogen functional groups attached to an aromatic ring is 1. The smallest absolute Gasteiger partial charge is 0.383 e. The van der Waals surface area contributed by atoms with Crippen molar-refractivity contribution in [2.24, 2.45) is 5.41 Å². The van der Waals surface area contributed by atoms with Gasteiger partial charge in [-0.3, -0.25) is 10.1 Å². The van der Waals surface area contributed by atoms with E-state index in [1.807, 2.05) is 6.07 Å². The SMILES string of the molecule is CC(C(=O)Nc1cc(CC(C)(C)C)no1)c1ccc(-c2nn(C(C)C(F)(F)F)c(N)c2C#N)cc1. The van der Waals surface area contributed by atoms with Crippen molar-refractivity contribution in [3.05, 3.63) is 47.2 Å². The zero-order chi connectivity index (χ0) is 26.1. The summed E-state index contributed by atoms with van der Waals surface area (Å²) < 4.78 is 45.3. The van der Waals surface area contributed by atoms with Crippen molar-refractivity contribution in [1.82, 2.24) is 14.9 Å². The molecule has 2 unspecified atom stereocenters. The molecule has 11 heteroatoms. The summed E-state index contributed by atoms with van der Waals surface area (Å²) in [7, 11) is 0. The van der Waals surface area contributed by atoms with Crippen LogP contribution >= 0.6 is 0 Å². The van der Waals surface area contributed by atoms with Crippen LogP contribution in [0.3, 0.4) is 0 Å². The first-order chi connectivity index (χ1) is 16.2. The number of benzene rings is 1. The number of hydrogen-bond acceptors (Lipinski definition) is 6. The maximum Gasteiger partial charge on any atom is 0.410 e. The van der Waals surface area contributed by atoms with E-state index in [9.17, 15) is 23.2 Å². The lowest BCUT2D eigenvalue weighted by Crippen LogP contribution is -2.25. The van der Waals surface area contributed by atoms with Crippen molar-refractivity contribution in [2.45, 2.75) is 59.2 Å². The molecule has 0 aliphatic rings. The molecule has 3 N–H and O–H groups in total. The molecule has 8 nitrogen and oxygen atoms in total. The van der Waals surface area contributed by atoms with E-state index >= 15 is 0 Å². The van der Waals surface area contributed by atoms with Gasteiger partial charge in [0.1, 0.15) is 29.2 Å². The Morgan fingerprint density at radius 2 is 1.86 bits per heavy atom. The zero-order valence-electron chi connectivity index (χ0n) is 20.1. The second-order valence-electron chi connectivity index (χ2n) is 9.64. The molecule has 2 aromatic heterocycles. The van der Waals surface area contributed by atoms with Crippen LogP contribution in [0.1, 0.15) is 63.4 Å². The number of nitrogens with two attached hydrogens (primary N) is 1. The number of halogens is 3. The number of nitrogens with one attached hydrogen (secondary N) is 1. The highest BCUT2D eigenvalue weighted by atomic mass is 19.4. The third kappa shape index (κ3) is 5.82. The minimum Gasteiger partial charge on any atom is -0.383 e. The van der Waals surface area contributed by atoms with E-state index < -0.39 is 18.1 Å². The third-order valence-corrected chi connectivity index (χ3v) is 5.49. The van der Waals surface area contributed by atoms with Crippen molar-refractivity contribution >= 4 is 17.6 Å². The molecular formula is C24H27F3N6O2. The Hall–Kier alpha value is -3.81. The number of aromatic nitrogens is 3. The Labute approximate surface area is 200 Å². The van der Waals surface area contributed by atoms with Gasteiger partial charge < -0.3 is 10.3 Å². The Morgan fingerprint density at radius 1 is 1.23 bits per heavy atom. The number of anilines is 2. The molecule has 0 radical (unpaired) electrons. The average molecular weight is 489 g/mol. The summed E-state index contributed by atoms with van der Waals surface area (Å²) in [6.45, 7) is 8.83. The van der Waals surface area contributed by atoms with Gasteiger partial charge in [0.2, 0.25) is 11.8 Å². The van der Waals surface area contributed by atoms with Gasteiger partial charge >= 0.3 is 6.18 Å². The van der Waals surface area contributed by atoms with E-state index in [0.717, 1.165) is 12.6 Å². The second kappa shape index (κ2) is 9.44. The molecule has 0 aliphatic heterocycles. The first-order valence-electron chi connectivity index (χ1n) is 10.9. The van der Waals surface area contributed by atoms with E-state index in [0.29, 0.717) is 22.2 Å². The Morgan fingerprint density at radius 3 is 2.40 bits per heavy atom. The van der Waals surface area contributed by atoms with Crippen LogP contribution in [0.4, 0.5) is 24.9 Å². The summed E-state index contributed by atoms with van der Waals surface area (Å²) in [4.78, 5) is 12.7. The molecule has 2 heterocycles. The summed E-state index contributed by atoms with van der Waals surface area (Å²) in [6.07, 6.45) is -3.89. The second-order valence-corrected chi connectivity index (χ2v) is 9.64. The molecule has 0 bridgehead atoms. The van der Waals surface area contributed by atoms with Crippen LogP contribution < -0.4 is 11.1 Å². The first-order valence-corrected chi connectivity index (χ1v) is 10.9. The lowest BCUT2D eigenvalue weighted by Gasteiger charge is -2.17. The molecule has 0 saturated carbocycles. The Balaban J connectivity index is 1.78. The summed E-state index contributed by atoms with van der Waals surface area (Å²) in [6, 6.07) is 7.99. The number of carbonyl (C=O) groups excluding carboxylic acids is 1. The maximum absolute atomic E-state index is 13.2. The highest BCUT2D eigenvalue weighted by molar-refractivity contribution is 5.94. The van der Waals surface area contributed by atoms with Crippen molar-refractivity contribution < 1.29 is 22.5 Å². The molecule has 0 spiro atoms. The molecule has 3 aromatic rings. The lowest BCUT2D eigenvalue weighted by molar-refractivity contribution is -0.164. The van der Waals surface area contributed by atoms with E-state index in [4.69, 9.17) is 10.3 Å². The third-order valence-electron chi connectivity index (χ3n) is 5.49. The highest BCUT2D eigenvalue weighted by Gasteiger charge is 2.40. The number of carbonyl (C=O) groups is 1. The number of nitriles is 1. The minimum absolute atomic E-state index is 0.0177. The zero-order valence-corrected chi connectivity index (χ0v) is 20.1. The summed E-state index contributed by atoms with van der Waals surface area (Å²) in [5.74, 6) is -0.997. The number of hydrogen-bond donors (Lipinski definition) is 2. The van der Waals surface area contributed by atoms with Crippen molar-refractivity contribution in [3.63, 3.8) is 0 Å². The normalized spacial score (nSPS) is 13.8. The summed E-state index contributed by atoms with van der Waals surface area (Å²) in [5.41, 5.74) is 7.49. The monoisotopic (exact) mass is 488 g/mol. The fourth-order valence-corrected chi connectivity index (χ4v) is 3.50. The van der Waals surface area contributed by atoms with Crippen molar-refractivity contribution in [1.29, 1.82) is 5.26 Å². The van der Waals surface area contributed by atoms with Gasteiger partial charge in [-0.2, -0.15) is 23.5 Å². The predicted molar refractivity (Wildman–Crippen MR) is 124 cm³/mol. The number of alkyl halides is 3. The number of rotatable bonds is 6. The predicted octanol–water partition coefficient (Wildman–Crippen LogP) is 5.45. The molecule has 2 atom stereocenters. The molecule has 0 saturated heterocycles. The summed E-state index contributed by atoms with van der Waals surface area (Å²) in [5, 5.41) is 20.1. The van der Waals surface area contributed by atoms with Crippen LogP contribution in [0.2, 0.25) is 0 Å². The van der Waals surface area contributed by atoms with Crippen LogP contribution in [0.5, 0.6) is 0 Å². The Kier molecular flexibility index (Phi) is 6.96. The molecule has 1 amide bonds. The standard InChI is InChI=1S/C24H27F3N6O2/c1-13(22(34)30-19-10-17(32-35-19)11-23(3,4)5)15-6-8-16(9-7-15)20-18(12-28)21(29)33(31-20)14(2)24(25,26)27/h6-10,13-14H,11,29H2,1-5H3,(H,30,34). The maximum atomic E-state index is 13.2. The molecule has 186 valence electrons. The quantitative estimate of drug-likeness (QED) is 0.476. The van der Waals surface area contributed by atoms with E-state index in [-0.39, 0.29) is 34.3 Å². The van der Waals surface area contributed by atoms with Crippen molar-refractivity contribution in [3.8, 4) is 17.3 Å². The van der Waals surface area contributed by atoms with Crippen LogP contribution in [0.25, 0.3) is 11.3 Å². The topological polar surface area (TPSA) is 123 Å². The summed E-state index contributed by atoms with van der Waals surface area (Å²) >= 11 is 0. The van der Waals surface area contributed by atoms with Crippen LogP contribution in [-0.4, -0.2) is 27.0 Å². The van der Waals surface area contributed by atoms with Gasteiger partial charge in [0.15, 0.2) is 0 Å². The molecule has 0 aliphatic carbocycles. The lowest BCUT2D eigenvalue weighted by atomic mass is 9.91. The van der Waals surface area contributed by atoms with Gasteiger partial charge in [0.05, 0.1) is 11.6 Å². The molecular weight excluding hydrogens is 461 g/mol. The minimum atomic E-state index is -4.58. The van der Waals surface area contributed by atoms with Crippen LogP contribution in [0, 0.1) is 16.7 Å². The van der Waals surface area contributed by atoms with Gasteiger partial charge in [0, 0.05) is 11.6 Å². The Bertz CT molecular complexity index is 1250. The van der Waals surface area contributed by atoms with Gasteiger partial charge in [-0.05, 0) is 31.2 Å². The molecule has 1 aromatic carbocycles. The fourth-order valence-electron chi connectivity index (χ4n) is 3.50. The average Bonchev–Trinajstić information content (AvgIpc) is 3.33. The fraction of sp³-hybridized carbons (Fsp3) is 0.417. The molecule has 0 fully saturated rings. The van der Waals surface area contributed by atoms with Crippen LogP contribution in [0.15, 0.2) is 34.9 Å². The van der Waals surface area contributed by atoms with Crippen LogP contribution in [-0.2, 0) is 11.2 Å². The van der Waals surface area contributed by atoms with E-state index in [2.05, 4.69) is 36.3 Å². The highest BCUT2D eigenvalue weighted by Crippen LogP contribution is 2.35. The number of nitrogens with zero attached hydrogens (tertiary/aromatic N) is 4. The van der Waals surface area contributed by atoms with Gasteiger partial charge in [-0.25, -0.2) is 4.68 Å². The molecule has 35 heavy (non-hydrogen) atoms. The van der Waals surface area contributed by atoms with E-state index in [1.54, 1.807) is 37.3 Å².